The molecule has 1 fully saturated rings. The monoisotopic (exact) mass is 457 g/mol. The average molecular weight is 458 g/mol. The molecule has 0 N–H and O–H groups in total. The number of thiophene rings is 1. The number of nitriles is 1. The summed E-state index contributed by atoms with van der Waals surface area (Å²) in [5.41, 5.74) is 1.80. The molecule has 1 aliphatic heterocycles. The van der Waals surface area contributed by atoms with Crippen molar-refractivity contribution in [2.45, 2.75) is 0 Å². The molecular formula is C25H20FN5OS. The van der Waals surface area contributed by atoms with Crippen LogP contribution in [0.15, 0.2) is 66.7 Å². The highest BCUT2D eigenvalue weighted by atomic mass is 32.1. The normalized spacial score (nSPS) is 14.3. The summed E-state index contributed by atoms with van der Waals surface area (Å²) in [7, 11) is 0. The van der Waals surface area contributed by atoms with Crippen LogP contribution in [0.4, 0.5) is 10.3 Å². The molecule has 0 atom stereocenters. The smallest absolute Gasteiger partial charge is 0.232 e. The van der Waals surface area contributed by atoms with Gasteiger partial charge in [-0.05, 0) is 36.4 Å². The van der Waals surface area contributed by atoms with E-state index in [1.807, 2.05) is 53.1 Å². The van der Waals surface area contributed by atoms with Gasteiger partial charge in [0.05, 0.1) is 24.5 Å². The molecule has 0 amide bonds. The fraction of sp³-hybridized carbons (Fsp3) is 0.160. The van der Waals surface area contributed by atoms with Crippen LogP contribution >= 0.6 is 11.3 Å². The Bertz CT molecular complexity index is 1330. The number of morpholine rings is 1. The van der Waals surface area contributed by atoms with Crippen LogP contribution < -0.4 is 4.90 Å². The van der Waals surface area contributed by atoms with E-state index in [2.05, 4.69) is 21.2 Å². The Labute approximate surface area is 194 Å². The second-order valence-electron chi connectivity index (χ2n) is 7.45. The first-order valence-corrected chi connectivity index (χ1v) is 11.4. The molecule has 1 aliphatic rings. The maximum Gasteiger partial charge on any atom is 0.232 e. The van der Waals surface area contributed by atoms with E-state index in [0.717, 1.165) is 15.4 Å². The second kappa shape index (κ2) is 9.36. The predicted octanol–water partition coefficient (Wildman–Crippen LogP) is 5.04. The van der Waals surface area contributed by atoms with Crippen LogP contribution in [0.5, 0.6) is 0 Å². The first-order chi connectivity index (χ1) is 16.2. The van der Waals surface area contributed by atoms with E-state index in [1.54, 1.807) is 18.2 Å². The topological polar surface area (TPSA) is 67.0 Å². The number of allylic oxidation sites excluding steroid dienone is 1. The Morgan fingerprint density at radius 3 is 2.52 bits per heavy atom. The summed E-state index contributed by atoms with van der Waals surface area (Å²) in [4.78, 5) is 3.75. The van der Waals surface area contributed by atoms with Gasteiger partial charge in [0.2, 0.25) is 5.95 Å². The van der Waals surface area contributed by atoms with Crippen LogP contribution in [-0.4, -0.2) is 41.1 Å². The number of rotatable bonds is 5. The van der Waals surface area contributed by atoms with Crippen molar-refractivity contribution < 1.29 is 9.13 Å². The van der Waals surface area contributed by atoms with Crippen LogP contribution in [0.25, 0.3) is 27.8 Å². The fourth-order valence-corrected chi connectivity index (χ4v) is 4.74. The molecule has 6 nitrogen and oxygen atoms in total. The van der Waals surface area contributed by atoms with Crippen molar-refractivity contribution in [1.82, 2.24) is 14.8 Å². The minimum atomic E-state index is -0.269. The summed E-state index contributed by atoms with van der Waals surface area (Å²) in [6.45, 7) is 2.64. The highest BCUT2D eigenvalue weighted by Gasteiger charge is 2.23. The van der Waals surface area contributed by atoms with Gasteiger partial charge >= 0.3 is 0 Å². The number of hydrogen-bond acceptors (Lipinski definition) is 6. The summed E-state index contributed by atoms with van der Waals surface area (Å²) < 4.78 is 21.6. The summed E-state index contributed by atoms with van der Waals surface area (Å²) in [5, 5.41) is 18.8. The van der Waals surface area contributed by atoms with Gasteiger partial charge in [0.1, 0.15) is 11.9 Å². The molecule has 2 aromatic heterocycles. The quantitative estimate of drug-likeness (QED) is 0.393. The van der Waals surface area contributed by atoms with Gasteiger partial charge in [0.15, 0.2) is 5.82 Å². The third kappa shape index (κ3) is 4.29. The molecule has 33 heavy (non-hydrogen) atoms. The molecule has 0 bridgehead atoms. The summed E-state index contributed by atoms with van der Waals surface area (Å²) in [5.74, 6) is 0.874. The van der Waals surface area contributed by atoms with E-state index in [1.165, 1.54) is 17.4 Å². The molecule has 0 aliphatic carbocycles. The van der Waals surface area contributed by atoms with Crippen molar-refractivity contribution in [3.8, 4) is 22.2 Å². The average Bonchev–Trinajstić information content (AvgIpc) is 3.51. The summed E-state index contributed by atoms with van der Waals surface area (Å²) >= 11 is 1.42. The van der Waals surface area contributed by atoms with E-state index in [4.69, 9.17) is 4.74 Å². The Balaban J connectivity index is 1.57. The van der Waals surface area contributed by atoms with Gasteiger partial charge in [-0.1, -0.05) is 36.4 Å². The number of halogens is 1. The lowest BCUT2D eigenvalue weighted by atomic mass is 10.2. The second-order valence-corrected chi connectivity index (χ2v) is 8.56. The first kappa shape index (κ1) is 21.1. The van der Waals surface area contributed by atoms with Crippen molar-refractivity contribution >= 4 is 28.9 Å². The van der Waals surface area contributed by atoms with Gasteiger partial charge in [-0.15, -0.1) is 21.5 Å². The summed E-state index contributed by atoms with van der Waals surface area (Å²) in [6.07, 6.45) is 1.78. The van der Waals surface area contributed by atoms with Crippen LogP contribution in [0.3, 0.4) is 0 Å². The number of ether oxygens (including phenoxy) is 1. The molecule has 3 heterocycles. The van der Waals surface area contributed by atoms with Crippen molar-refractivity contribution in [2.75, 3.05) is 31.2 Å². The Kier molecular flexibility index (Phi) is 5.98. The minimum absolute atomic E-state index is 0.269. The maximum atomic E-state index is 14.2. The lowest BCUT2D eigenvalue weighted by Gasteiger charge is -2.28. The lowest BCUT2D eigenvalue weighted by Crippen LogP contribution is -2.38. The van der Waals surface area contributed by atoms with Crippen molar-refractivity contribution in [1.29, 1.82) is 5.26 Å². The molecule has 0 spiro atoms. The van der Waals surface area contributed by atoms with Gasteiger partial charge in [-0.2, -0.15) is 5.26 Å². The van der Waals surface area contributed by atoms with Gasteiger partial charge in [0.25, 0.3) is 0 Å². The van der Waals surface area contributed by atoms with Gasteiger partial charge in [-0.3, -0.25) is 4.57 Å². The van der Waals surface area contributed by atoms with E-state index < -0.39 is 0 Å². The van der Waals surface area contributed by atoms with Gasteiger partial charge < -0.3 is 9.64 Å². The standard InChI is InChI=1S/C25H20FN5OS/c26-22-9-5-4-8-21(22)23-11-10-20(33-23)16-18(17-27)24-28-29-25(30-12-14-32-15-13-30)31(24)19-6-2-1-3-7-19/h1-11,16H,12-15H2/b18-16-. The zero-order chi connectivity index (χ0) is 22.6. The van der Waals surface area contributed by atoms with Crippen LogP contribution in [0.1, 0.15) is 10.7 Å². The van der Waals surface area contributed by atoms with E-state index in [0.29, 0.717) is 49.2 Å². The number of hydrogen-bond donors (Lipinski definition) is 0. The van der Waals surface area contributed by atoms with Crippen LogP contribution in [0.2, 0.25) is 0 Å². The molecule has 2 aromatic carbocycles. The SMILES string of the molecule is N#C/C(=C/c1ccc(-c2ccccc2F)s1)c1nnc(N2CCOCC2)n1-c1ccccc1. The van der Waals surface area contributed by atoms with Gasteiger partial charge in [0, 0.05) is 28.4 Å². The van der Waals surface area contributed by atoms with Crippen LogP contribution in [-0.2, 0) is 4.74 Å². The number of nitrogens with zero attached hydrogens (tertiary/aromatic N) is 5. The van der Waals surface area contributed by atoms with E-state index in [-0.39, 0.29) is 5.82 Å². The van der Waals surface area contributed by atoms with Crippen molar-refractivity contribution in [3.63, 3.8) is 0 Å². The molecule has 4 aromatic rings. The maximum absolute atomic E-state index is 14.2. The molecule has 0 radical (unpaired) electrons. The first-order valence-electron chi connectivity index (χ1n) is 10.5. The van der Waals surface area contributed by atoms with Crippen LogP contribution in [0, 0.1) is 17.1 Å². The number of anilines is 1. The van der Waals surface area contributed by atoms with E-state index >= 15 is 0 Å². The van der Waals surface area contributed by atoms with Crippen molar-refractivity contribution in [2.24, 2.45) is 0 Å². The highest BCUT2D eigenvalue weighted by molar-refractivity contribution is 7.16. The summed E-state index contributed by atoms with van der Waals surface area (Å²) in [6, 6.07) is 22.5. The molecule has 1 saturated heterocycles. The lowest BCUT2D eigenvalue weighted by molar-refractivity contribution is 0.122. The van der Waals surface area contributed by atoms with E-state index in [9.17, 15) is 9.65 Å². The molecule has 164 valence electrons. The predicted molar refractivity (Wildman–Crippen MR) is 128 cm³/mol. The number of benzene rings is 2. The number of aromatic nitrogens is 3. The molecule has 0 saturated carbocycles. The Morgan fingerprint density at radius 2 is 1.76 bits per heavy atom. The third-order valence-electron chi connectivity index (χ3n) is 5.37. The highest BCUT2D eigenvalue weighted by Crippen LogP contribution is 2.33. The fourth-order valence-electron chi connectivity index (χ4n) is 3.76. The Hall–Kier alpha value is -3.80. The van der Waals surface area contributed by atoms with Gasteiger partial charge in [-0.25, -0.2) is 4.39 Å². The molecule has 8 heteroatoms. The molecule has 0 unspecified atom stereocenters. The largest absolute Gasteiger partial charge is 0.378 e. The zero-order valence-corrected chi connectivity index (χ0v) is 18.5. The van der Waals surface area contributed by atoms with Crippen molar-refractivity contribution in [3.05, 3.63) is 83.2 Å². The zero-order valence-electron chi connectivity index (χ0n) is 17.7. The minimum Gasteiger partial charge on any atom is -0.378 e. The molecule has 5 rings (SSSR count). The third-order valence-corrected chi connectivity index (χ3v) is 6.43. The number of para-hydroxylation sites is 1. The Morgan fingerprint density at radius 1 is 1.00 bits per heavy atom. The molecular weight excluding hydrogens is 437 g/mol.